The van der Waals surface area contributed by atoms with Gasteiger partial charge < -0.3 is 25.2 Å². The van der Waals surface area contributed by atoms with E-state index >= 15 is 0 Å². The number of nitrogens with one attached hydrogen (secondary N) is 2. The number of likely N-dealkylation sites (tertiary alicyclic amines) is 1. The van der Waals surface area contributed by atoms with E-state index in [-0.39, 0.29) is 18.5 Å². The first-order valence-electron chi connectivity index (χ1n) is 11.9. The van der Waals surface area contributed by atoms with E-state index in [4.69, 9.17) is 4.74 Å². The number of aliphatic imine (C=N–C) groups is 1. The Morgan fingerprint density at radius 1 is 1.10 bits per heavy atom. The van der Waals surface area contributed by atoms with Crippen molar-refractivity contribution >= 4 is 18.0 Å². The summed E-state index contributed by atoms with van der Waals surface area (Å²) in [6.45, 7) is 11.0. The maximum absolute atomic E-state index is 12.4. The predicted octanol–water partition coefficient (Wildman–Crippen LogP) is 2.98. The molecule has 8 heteroatoms. The van der Waals surface area contributed by atoms with Crippen LogP contribution >= 0.6 is 0 Å². The van der Waals surface area contributed by atoms with Gasteiger partial charge in [0.2, 0.25) is 5.91 Å². The Balaban J connectivity index is 1.74. The van der Waals surface area contributed by atoms with Gasteiger partial charge in [0, 0.05) is 39.3 Å². The third-order valence-electron chi connectivity index (χ3n) is 6.02. The Kier molecular flexibility index (Phi) is 9.91. The van der Waals surface area contributed by atoms with Gasteiger partial charge in [-0.1, -0.05) is 19.3 Å². The molecule has 1 heterocycles. The van der Waals surface area contributed by atoms with E-state index < -0.39 is 5.60 Å². The molecule has 178 valence electrons. The summed E-state index contributed by atoms with van der Waals surface area (Å²) in [6, 6.07) is 0.326. The highest BCUT2D eigenvalue weighted by atomic mass is 16.6. The third-order valence-corrected chi connectivity index (χ3v) is 6.02. The van der Waals surface area contributed by atoms with Crippen LogP contribution in [0.25, 0.3) is 0 Å². The molecule has 2 rings (SSSR count). The second kappa shape index (κ2) is 12.2. The summed E-state index contributed by atoms with van der Waals surface area (Å²) >= 11 is 0. The van der Waals surface area contributed by atoms with Crippen LogP contribution in [0, 0.1) is 5.92 Å². The number of piperidine rings is 1. The normalized spacial score (nSPS) is 19.1. The number of hydrogen-bond acceptors (Lipinski definition) is 4. The number of amides is 2. The molecule has 0 atom stereocenters. The molecule has 2 N–H and O–H groups in total. The molecule has 0 aromatic carbocycles. The zero-order valence-corrected chi connectivity index (χ0v) is 20.2. The molecule has 0 bridgehead atoms. The minimum Gasteiger partial charge on any atom is -0.444 e. The molecule has 1 saturated carbocycles. The number of nitrogens with zero attached hydrogens (tertiary/aromatic N) is 3. The van der Waals surface area contributed by atoms with Gasteiger partial charge >= 0.3 is 6.09 Å². The monoisotopic (exact) mass is 437 g/mol. The van der Waals surface area contributed by atoms with E-state index in [0.29, 0.717) is 18.5 Å². The average Bonchev–Trinajstić information content (AvgIpc) is 2.72. The smallest absolute Gasteiger partial charge is 0.410 e. The van der Waals surface area contributed by atoms with E-state index in [1.54, 1.807) is 11.9 Å². The zero-order valence-electron chi connectivity index (χ0n) is 20.2. The minimum atomic E-state index is -0.477. The number of carbonyl (C=O) groups is 2. The fourth-order valence-electron chi connectivity index (χ4n) is 4.32. The van der Waals surface area contributed by atoms with Gasteiger partial charge in [0.15, 0.2) is 5.96 Å². The van der Waals surface area contributed by atoms with Crippen molar-refractivity contribution in [2.75, 3.05) is 39.8 Å². The molecule has 2 aliphatic rings. The van der Waals surface area contributed by atoms with Crippen molar-refractivity contribution in [1.82, 2.24) is 20.4 Å². The van der Waals surface area contributed by atoms with Crippen molar-refractivity contribution in [3.8, 4) is 0 Å². The van der Waals surface area contributed by atoms with E-state index in [1.165, 1.54) is 19.3 Å². The highest BCUT2D eigenvalue weighted by Crippen LogP contribution is 2.20. The summed E-state index contributed by atoms with van der Waals surface area (Å²) in [6.07, 6.45) is 7.59. The van der Waals surface area contributed by atoms with Crippen molar-refractivity contribution in [3.05, 3.63) is 0 Å². The maximum atomic E-state index is 12.4. The summed E-state index contributed by atoms with van der Waals surface area (Å²) < 4.78 is 5.53. The second-order valence-electron chi connectivity index (χ2n) is 9.75. The molecule has 31 heavy (non-hydrogen) atoms. The van der Waals surface area contributed by atoms with E-state index in [0.717, 1.165) is 51.3 Å². The van der Waals surface area contributed by atoms with Crippen LogP contribution in [0.15, 0.2) is 4.99 Å². The molecule has 0 unspecified atom stereocenters. The van der Waals surface area contributed by atoms with Crippen molar-refractivity contribution < 1.29 is 14.3 Å². The Labute approximate surface area is 188 Å². The molecular weight excluding hydrogens is 394 g/mol. The Bertz CT molecular complexity index is 603. The lowest BCUT2D eigenvalue weighted by atomic mass is 9.95. The summed E-state index contributed by atoms with van der Waals surface area (Å²) in [7, 11) is 1.76. The first-order chi connectivity index (χ1) is 14.7. The molecule has 0 aromatic heterocycles. The van der Waals surface area contributed by atoms with Gasteiger partial charge in [0.1, 0.15) is 5.60 Å². The summed E-state index contributed by atoms with van der Waals surface area (Å²) in [5.74, 6) is 1.26. The van der Waals surface area contributed by atoms with Crippen LogP contribution < -0.4 is 10.6 Å². The molecule has 1 saturated heterocycles. The van der Waals surface area contributed by atoms with Gasteiger partial charge in [-0.25, -0.2) is 4.79 Å². The molecule has 0 aromatic rings. The largest absolute Gasteiger partial charge is 0.444 e. The highest BCUT2D eigenvalue weighted by molar-refractivity contribution is 5.86. The molecular formula is C23H43N5O3. The Hall–Kier alpha value is -1.99. The van der Waals surface area contributed by atoms with Crippen LogP contribution in [0.5, 0.6) is 0 Å². The van der Waals surface area contributed by atoms with E-state index in [1.807, 2.05) is 27.7 Å². The fraction of sp³-hybridized carbons (Fsp3) is 0.870. The first kappa shape index (κ1) is 25.3. The predicted molar refractivity (Wildman–Crippen MR) is 124 cm³/mol. The molecule has 1 aliphatic heterocycles. The first-order valence-corrected chi connectivity index (χ1v) is 11.9. The van der Waals surface area contributed by atoms with Crippen LogP contribution in [0.1, 0.15) is 72.6 Å². The molecule has 0 spiro atoms. The quantitative estimate of drug-likeness (QED) is 0.493. The number of hydrogen-bond donors (Lipinski definition) is 2. The zero-order chi connectivity index (χ0) is 22.9. The lowest BCUT2D eigenvalue weighted by Crippen LogP contribution is -2.50. The van der Waals surface area contributed by atoms with Crippen molar-refractivity contribution in [1.29, 1.82) is 0 Å². The molecule has 8 nitrogen and oxygen atoms in total. The van der Waals surface area contributed by atoms with Crippen LogP contribution in [-0.2, 0) is 9.53 Å². The Morgan fingerprint density at radius 2 is 1.74 bits per heavy atom. The van der Waals surface area contributed by atoms with Gasteiger partial charge in [0.05, 0.1) is 6.54 Å². The van der Waals surface area contributed by atoms with Crippen LogP contribution in [0.4, 0.5) is 4.79 Å². The van der Waals surface area contributed by atoms with E-state index in [9.17, 15) is 9.59 Å². The average molecular weight is 438 g/mol. The van der Waals surface area contributed by atoms with Gasteiger partial charge in [-0.3, -0.25) is 9.79 Å². The van der Waals surface area contributed by atoms with Gasteiger partial charge in [-0.05, 0) is 59.3 Å². The number of rotatable bonds is 6. The van der Waals surface area contributed by atoms with Gasteiger partial charge in [-0.15, -0.1) is 0 Å². The molecule has 2 fully saturated rings. The van der Waals surface area contributed by atoms with Crippen LogP contribution in [0.3, 0.4) is 0 Å². The standard InChI is InChI=1S/C23H43N5O3/c1-6-27(22(30)31-23(2,3)4)17-18-12-14-28(15-13-18)21(24-5)25-16-20(29)26-19-10-8-7-9-11-19/h18-19H,6-17H2,1-5H3,(H,24,25)(H,26,29). The van der Waals surface area contributed by atoms with Crippen molar-refractivity contribution in [3.63, 3.8) is 0 Å². The second-order valence-corrected chi connectivity index (χ2v) is 9.75. The fourth-order valence-corrected chi connectivity index (χ4v) is 4.32. The highest BCUT2D eigenvalue weighted by Gasteiger charge is 2.27. The minimum absolute atomic E-state index is 0.0406. The third kappa shape index (κ3) is 8.95. The summed E-state index contributed by atoms with van der Waals surface area (Å²) in [5.41, 5.74) is -0.477. The van der Waals surface area contributed by atoms with Gasteiger partial charge in [-0.2, -0.15) is 0 Å². The number of ether oxygens (including phenoxy) is 1. The molecule has 2 amide bonds. The number of guanidine groups is 1. The van der Waals surface area contributed by atoms with Gasteiger partial charge in [0.25, 0.3) is 0 Å². The van der Waals surface area contributed by atoms with E-state index in [2.05, 4.69) is 20.5 Å². The molecule has 1 aliphatic carbocycles. The lowest BCUT2D eigenvalue weighted by Gasteiger charge is -2.36. The topological polar surface area (TPSA) is 86.3 Å². The number of carbonyl (C=O) groups excluding carboxylic acids is 2. The molecule has 0 radical (unpaired) electrons. The van der Waals surface area contributed by atoms with Crippen LogP contribution in [-0.4, -0.2) is 79.2 Å². The summed E-state index contributed by atoms with van der Waals surface area (Å²) in [4.78, 5) is 33.1. The van der Waals surface area contributed by atoms with Crippen LogP contribution in [0.2, 0.25) is 0 Å². The summed E-state index contributed by atoms with van der Waals surface area (Å²) in [5, 5.41) is 6.36. The maximum Gasteiger partial charge on any atom is 0.410 e. The SMILES string of the molecule is CCN(CC1CCN(C(=NC)NCC(=O)NC2CCCCC2)CC1)C(=O)OC(C)(C)C. The van der Waals surface area contributed by atoms with Crippen molar-refractivity contribution in [2.45, 2.75) is 84.3 Å². The lowest BCUT2D eigenvalue weighted by molar-refractivity contribution is -0.120. The Morgan fingerprint density at radius 3 is 2.29 bits per heavy atom. The van der Waals surface area contributed by atoms with Crippen molar-refractivity contribution in [2.24, 2.45) is 10.9 Å².